The molecule has 0 spiro atoms. The first kappa shape index (κ1) is 8.67. The van der Waals surface area contributed by atoms with Gasteiger partial charge in [-0.05, 0) is 0 Å². The molecule has 1 aliphatic heterocycles. The van der Waals surface area contributed by atoms with Crippen molar-refractivity contribution in [2.45, 2.75) is 22.9 Å². The molecular formula is C5H10O3S2. The number of hydrogen-bond donors (Lipinski definition) is 4. The summed E-state index contributed by atoms with van der Waals surface area (Å²) in [5.74, 6) is 0. The summed E-state index contributed by atoms with van der Waals surface area (Å²) in [5, 5.41) is 18.0. The van der Waals surface area contributed by atoms with Gasteiger partial charge in [0.1, 0.15) is 11.5 Å². The lowest BCUT2D eigenvalue weighted by Crippen LogP contribution is -2.48. The van der Waals surface area contributed by atoms with E-state index in [0.717, 1.165) is 0 Å². The van der Waals surface area contributed by atoms with E-state index < -0.39 is 17.6 Å². The summed E-state index contributed by atoms with van der Waals surface area (Å²) in [7, 11) is 0. The summed E-state index contributed by atoms with van der Waals surface area (Å²) in [6.45, 7) is 0.329. The summed E-state index contributed by atoms with van der Waals surface area (Å²) in [5.41, 5.74) is -0.585. The van der Waals surface area contributed by atoms with Crippen LogP contribution in [0.3, 0.4) is 0 Å². The van der Waals surface area contributed by atoms with E-state index in [1.807, 2.05) is 0 Å². The van der Waals surface area contributed by atoms with Gasteiger partial charge in [-0.2, -0.15) is 12.6 Å². The molecule has 1 heterocycles. The van der Waals surface area contributed by atoms with E-state index in [9.17, 15) is 0 Å². The van der Waals surface area contributed by atoms with E-state index in [1.54, 1.807) is 0 Å². The van der Waals surface area contributed by atoms with E-state index >= 15 is 0 Å². The Bertz CT molecular complexity index is 107. The molecule has 4 atom stereocenters. The third-order valence-electron chi connectivity index (χ3n) is 1.47. The highest BCUT2D eigenvalue weighted by Gasteiger charge is 2.34. The fourth-order valence-electron chi connectivity index (χ4n) is 0.791. The summed E-state index contributed by atoms with van der Waals surface area (Å²) >= 11 is 7.88. The van der Waals surface area contributed by atoms with Gasteiger partial charge in [-0.3, -0.25) is 0 Å². The van der Waals surface area contributed by atoms with Crippen molar-refractivity contribution in [3.05, 3.63) is 0 Å². The van der Waals surface area contributed by atoms with Crippen molar-refractivity contribution in [1.29, 1.82) is 0 Å². The van der Waals surface area contributed by atoms with Crippen LogP contribution in [0.25, 0.3) is 0 Å². The van der Waals surface area contributed by atoms with E-state index in [-0.39, 0.29) is 5.25 Å². The number of hydrogen-bond acceptors (Lipinski definition) is 5. The predicted molar refractivity (Wildman–Crippen MR) is 43.5 cm³/mol. The molecule has 5 heteroatoms. The van der Waals surface area contributed by atoms with Crippen LogP contribution in [-0.2, 0) is 4.74 Å². The van der Waals surface area contributed by atoms with Gasteiger partial charge in [-0.25, -0.2) is 0 Å². The van der Waals surface area contributed by atoms with Crippen molar-refractivity contribution >= 4 is 25.3 Å². The third kappa shape index (κ3) is 1.60. The lowest BCUT2D eigenvalue weighted by Gasteiger charge is -2.32. The lowest BCUT2D eigenvalue weighted by molar-refractivity contribution is -0.0944. The average Bonchev–Trinajstić information content (AvgIpc) is 1.93. The molecule has 60 valence electrons. The van der Waals surface area contributed by atoms with E-state index in [2.05, 4.69) is 25.3 Å². The van der Waals surface area contributed by atoms with Crippen molar-refractivity contribution in [2.24, 2.45) is 0 Å². The Hall–Kier alpha value is 0.580. The second kappa shape index (κ2) is 3.32. The van der Waals surface area contributed by atoms with E-state index in [0.29, 0.717) is 6.61 Å². The van der Waals surface area contributed by atoms with Crippen LogP contribution < -0.4 is 0 Å². The van der Waals surface area contributed by atoms with Gasteiger partial charge in [0.15, 0.2) is 0 Å². The molecule has 0 aromatic carbocycles. The third-order valence-corrected chi connectivity index (χ3v) is 2.38. The van der Waals surface area contributed by atoms with Crippen LogP contribution in [0.4, 0.5) is 0 Å². The summed E-state index contributed by atoms with van der Waals surface area (Å²) in [6, 6.07) is 0. The van der Waals surface area contributed by atoms with Crippen molar-refractivity contribution in [3.63, 3.8) is 0 Å². The minimum absolute atomic E-state index is 0.307. The highest BCUT2D eigenvalue weighted by Crippen LogP contribution is 2.20. The van der Waals surface area contributed by atoms with Crippen LogP contribution in [0.2, 0.25) is 0 Å². The van der Waals surface area contributed by atoms with Crippen molar-refractivity contribution in [3.8, 4) is 0 Å². The smallest absolute Gasteiger partial charge is 0.128 e. The van der Waals surface area contributed by atoms with E-state index in [4.69, 9.17) is 14.9 Å². The van der Waals surface area contributed by atoms with Crippen molar-refractivity contribution in [1.82, 2.24) is 0 Å². The topological polar surface area (TPSA) is 49.7 Å². The van der Waals surface area contributed by atoms with Gasteiger partial charge in [-0.1, -0.05) is 0 Å². The number of aliphatic hydroxyl groups is 2. The zero-order chi connectivity index (χ0) is 7.72. The SMILES string of the molecule is O[C@@H]1[C@@H](O)[C@H](S)OC[C@H]1S. The normalized spacial score (nSPS) is 49.2. The molecule has 0 aliphatic carbocycles. The first-order chi connectivity index (χ1) is 4.63. The van der Waals surface area contributed by atoms with Crippen LogP contribution in [0.5, 0.6) is 0 Å². The Morgan fingerprint density at radius 1 is 1.20 bits per heavy atom. The van der Waals surface area contributed by atoms with Gasteiger partial charge in [0, 0.05) is 0 Å². The maximum atomic E-state index is 9.16. The molecule has 0 bridgehead atoms. The first-order valence-electron chi connectivity index (χ1n) is 2.97. The van der Waals surface area contributed by atoms with Gasteiger partial charge >= 0.3 is 0 Å². The Labute approximate surface area is 70.2 Å². The second-order valence-electron chi connectivity index (χ2n) is 2.27. The molecule has 3 nitrogen and oxygen atoms in total. The van der Waals surface area contributed by atoms with Gasteiger partial charge in [-0.15, -0.1) is 12.6 Å². The van der Waals surface area contributed by atoms with Gasteiger partial charge in [0.25, 0.3) is 0 Å². The molecule has 1 rings (SSSR count). The van der Waals surface area contributed by atoms with Gasteiger partial charge in [0.05, 0.1) is 18.0 Å². The van der Waals surface area contributed by atoms with Crippen LogP contribution >= 0.6 is 25.3 Å². The Morgan fingerprint density at radius 2 is 1.80 bits per heavy atom. The molecule has 0 aromatic heterocycles. The second-order valence-corrected chi connectivity index (χ2v) is 3.44. The zero-order valence-electron chi connectivity index (χ0n) is 5.21. The Morgan fingerprint density at radius 3 is 2.30 bits per heavy atom. The van der Waals surface area contributed by atoms with Gasteiger partial charge in [0.2, 0.25) is 0 Å². The lowest BCUT2D eigenvalue weighted by atomic mass is 10.1. The minimum atomic E-state index is -0.931. The van der Waals surface area contributed by atoms with Crippen LogP contribution in [-0.4, -0.2) is 39.7 Å². The van der Waals surface area contributed by atoms with Crippen LogP contribution in [0.15, 0.2) is 0 Å². The maximum absolute atomic E-state index is 9.16. The van der Waals surface area contributed by atoms with Crippen LogP contribution in [0.1, 0.15) is 0 Å². The zero-order valence-corrected chi connectivity index (χ0v) is 7.00. The molecule has 0 amide bonds. The molecule has 1 aliphatic rings. The Kier molecular flexibility index (Phi) is 2.88. The fourth-order valence-corrected chi connectivity index (χ4v) is 1.32. The molecule has 10 heavy (non-hydrogen) atoms. The predicted octanol–water partition coefficient (Wildman–Crippen LogP) is -0.707. The van der Waals surface area contributed by atoms with Crippen LogP contribution in [0, 0.1) is 0 Å². The first-order valence-corrected chi connectivity index (χ1v) is 4.00. The number of aliphatic hydroxyl groups excluding tert-OH is 2. The highest BCUT2D eigenvalue weighted by molar-refractivity contribution is 7.81. The molecular weight excluding hydrogens is 172 g/mol. The summed E-state index contributed by atoms with van der Waals surface area (Å²) < 4.78 is 4.95. The Balaban J connectivity index is 2.52. The maximum Gasteiger partial charge on any atom is 0.128 e. The molecule has 0 aromatic rings. The van der Waals surface area contributed by atoms with Gasteiger partial charge < -0.3 is 14.9 Å². The van der Waals surface area contributed by atoms with Crippen molar-refractivity contribution in [2.75, 3.05) is 6.61 Å². The van der Waals surface area contributed by atoms with E-state index in [1.165, 1.54) is 0 Å². The number of rotatable bonds is 0. The summed E-state index contributed by atoms with van der Waals surface area (Å²) in [4.78, 5) is 0. The largest absolute Gasteiger partial charge is 0.389 e. The monoisotopic (exact) mass is 182 g/mol. The molecule has 2 N–H and O–H groups in total. The molecule has 0 saturated carbocycles. The molecule has 1 saturated heterocycles. The average molecular weight is 182 g/mol. The van der Waals surface area contributed by atoms with Crippen molar-refractivity contribution < 1.29 is 14.9 Å². The molecule has 1 fully saturated rings. The highest BCUT2D eigenvalue weighted by atomic mass is 32.1. The standard InChI is InChI=1S/C5H10O3S2/c6-3-2(9)1-8-5(10)4(3)7/h2-7,9-10H,1H2/t2-,3+,4-,5+/m1/s1. The number of ether oxygens (including phenoxy) is 1. The molecule has 0 unspecified atom stereocenters. The fraction of sp³-hybridized carbons (Fsp3) is 1.00. The quantitative estimate of drug-likeness (QED) is 0.374. The number of thiol groups is 2. The minimum Gasteiger partial charge on any atom is -0.389 e. The molecule has 0 radical (unpaired) electrons. The summed E-state index contributed by atoms with van der Waals surface area (Å²) in [6.07, 6.45) is -1.76.